The second-order valence-electron chi connectivity index (χ2n) is 6.62. The molecule has 3 amide bonds. The molecule has 2 aromatic carbocycles. The molecule has 150 valence electrons. The van der Waals surface area contributed by atoms with Gasteiger partial charge in [-0.2, -0.15) is 0 Å². The molecule has 0 spiro atoms. The summed E-state index contributed by atoms with van der Waals surface area (Å²) in [5, 5.41) is 3.16. The minimum Gasteiger partial charge on any atom is -0.495 e. The third kappa shape index (κ3) is 3.62. The van der Waals surface area contributed by atoms with Crippen LogP contribution < -0.4 is 10.1 Å². The average Bonchev–Trinajstić information content (AvgIpc) is 2.99. The van der Waals surface area contributed by atoms with Crippen LogP contribution in [-0.2, 0) is 6.54 Å². The van der Waals surface area contributed by atoms with Gasteiger partial charge in [0.1, 0.15) is 5.75 Å². The van der Waals surface area contributed by atoms with Gasteiger partial charge in [-0.1, -0.05) is 17.7 Å². The van der Waals surface area contributed by atoms with Gasteiger partial charge < -0.3 is 10.1 Å². The number of carbonyl (C=O) groups excluding carboxylic acids is 3. The first kappa shape index (κ1) is 19.6. The molecule has 0 aliphatic carbocycles. The normalized spacial score (nSPS) is 12.7. The van der Waals surface area contributed by atoms with Crippen LogP contribution in [0.2, 0.25) is 5.02 Å². The third-order valence-electron chi connectivity index (χ3n) is 4.71. The number of carbonyl (C=O) groups is 3. The van der Waals surface area contributed by atoms with Gasteiger partial charge in [-0.05, 0) is 48.0 Å². The number of hydrogen-bond donors (Lipinski definition) is 1. The van der Waals surface area contributed by atoms with Gasteiger partial charge in [0, 0.05) is 23.0 Å². The van der Waals surface area contributed by atoms with Gasteiger partial charge in [-0.25, -0.2) is 0 Å². The summed E-state index contributed by atoms with van der Waals surface area (Å²) in [4.78, 5) is 43.3. The lowest BCUT2D eigenvalue weighted by molar-refractivity contribution is 0.0642. The van der Waals surface area contributed by atoms with Crippen molar-refractivity contribution in [2.45, 2.75) is 6.54 Å². The first-order valence-corrected chi connectivity index (χ1v) is 9.40. The SMILES string of the molecule is COc1ccc(Cl)cc1NC(=O)c1ccc2c(c1)C(=O)N(Cc1cccnc1)C2=O. The molecule has 1 aliphatic heterocycles. The number of hydrogen-bond acceptors (Lipinski definition) is 5. The Labute approximate surface area is 177 Å². The zero-order valence-electron chi connectivity index (χ0n) is 15.9. The predicted octanol–water partition coefficient (Wildman–Crippen LogP) is 3.79. The summed E-state index contributed by atoms with van der Waals surface area (Å²) in [5.41, 5.74) is 1.82. The van der Waals surface area contributed by atoms with Crippen LogP contribution in [0, 0.1) is 0 Å². The van der Waals surface area contributed by atoms with Crippen LogP contribution in [0.5, 0.6) is 5.75 Å². The number of nitrogens with zero attached hydrogens (tertiary/aromatic N) is 2. The Hall–Kier alpha value is -3.71. The number of nitrogens with one attached hydrogen (secondary N) is 1. The van der Waals surface area contributed by atoms with Gasteiger partial charge in [-0.15, -0.1) is 0 Å². The maximum atomic E-state index is 12.8. The fourth-order valence-electron chi connectivity index (χ4n) is 3.22. The van der Waals surface area contributed by atoms with Crippen LogP contribution >= 0.6 is 11.6 Å². The first-order chi connectivity index (χ1) is 14.5. The molecule has 0 bridgehead atoms. The third-order valence-corrected chi connectivity index (χ3v) is 4.94. The molecule has 1 aromatic heterocycles. The summed E-state index contributed by atoms with van der Waals surface area (Å²) in [7, 11) is 1.48. The van der Waals surface area contributed by atoms with Crippen LogP contribution in [0.3, 0.4) is 0 Å². The van der Waals surface area contributed by atoms with Gasteiger partial charge >= 0.3 is 0 Å². The van der Waals surface area contributed by atoms with E-state index >= 15 is 0 Å². The highest BCUT2D eigenvalue weighted by molar-refractivity contribution is 6.31. The molecule has 0 unspecified atom stereocenters. The second kappa shape index (κ2) is 7.96. The van der Waals surface area contributed by atoms with Crippen molar-refractivity contribution in [2.24, 2.45) is 0 Å². The molecule has 0 atom stereocenters. The number of aromatic nitrogens is 1. The van der Waals surface area contributed by atoms with Crippen LogP contribution in [0.25, 0.3) is 0 Å². The predicted molar refractivity (Wildman–Crippen MR) is 111 cm³/mol. The lowest BCUT2D eigenvalue weighted by atomic mass is 10.1. The zero-order valence-corrected chi connectivity index (χ0v) is 16.6. The number of pyridine rings is 1. The van der Waals surface area contributed by atoms with Crippen molar-refractivity contribution in [3.63, 3.8) is 0 Å². The number of imide groups is 1. The van der Waals surface area contributed by atoms with E-state index in [1.54, 1.807) is 42.7 Å². The number of benzene rings is 2. The molecule has 7 nitrogen and oxygen atoms in total. The summed E-state index contributed by atoms with van der Waals surface area (Å²) in [6.45, 7) is 0.113. The number of methoxy groups -OCH3 is 1. The topological polar surface area (TPSA) is 88.6 Å². The Kier molecular flexibility index (Phi) is 5.20. The molecular weight excluding hydrogens is 406 g/mol. The maximum Gasteiger partial charge on any atom is 0.261 e. The zero-order chi connectivity index (χ0) is 21.3. The quantitative estimate of drug-likeness (QED) is 0.633. The molecule has 0 radical (unpaired) electrons. The molecule has 3 aromatic rings. The molecular formula is C22H16ClN3O4. The van der Waals surface area contributed by atoms with E-state index in [2.05, 4.69) is 10.3 Å². The number of amides is 3. The molecule has 0 saturated heterocycles. The van der Waals surface area contributed by atoms with Crippen LogP contribution in [0.4, 0.5) is 5.69 Å². The van der Waals surface area contributed by atoms with Gasteiger partial charge in [0.05, 0.1) is 30.5 Å². The number of fused-ring (bicyclic) bond motifs is 1. The van der Waals surface area contributed by atoms with Gasteiger partial charge in [0.15, 0.2) is 0 Å². The molecule has 2 heterocycles. The summed E-state index contributed by atoms with van der Waals surface area (Å²) in [6, 6.07) is 12.8. The van der Waals surface area contributed by atoms with Crippen molar-refractivity contribution in [3.8, 4) is 5.75 Å². The van der Waals surface area contributed by atoms with Crippen LogP contribution in [0.1, 0.15) is 36.6 Å². The average molecular weight is 422 g/mol. The monoisotopic (exact) mass is 421 g/mol. The highest BCUT2D eigenvalue weighted by Gasteiger charge is 2.36. The fourth-order valence-corrected chi connectivity index (χ4v) is 3.39. The van der Waals surface area contributed by atoms with Gasteiger partial charge in [0.25, 0.3) is 17.7 Å². The Morgan fingerprint density at radius 1 is 1.10 bits per heavy atom. The molecule has 0 saturated carbocycles. The van der Waals surface area contributed by atoms with E-state index < -0.39 is 17.7 Å². The Bertz CT molecular complexity index is 1160. The van der Waals surface area contributed by atoms with E-state index in [0.717, 1.165) is 10.5 Å². The number of halogens is 1. The fraction of sp³-hybridized carbons (Fsp3) is 0.0909. The molecule has 4 rings (SSSR count). The summed E-state index contributed by atoms with van der Waals surface area (Å²) >= 11 is 6.00. The van der Waals surface area contributed by atoms with Crippen molar-refractivity contribution in [1.29, 1.82) is 0 Å². The largest absolute Gasteiger partial charge is 0.495 e. The van der Waals surface area contributed by atoms with E-state index in [1.165, 1.54) is 25.3 Å². The molecule has 30 heavy (non-hydrogen) atoms. The van der Waals surface area contributed by atoms with E-state index in [-0.39, 0.29) is 23.2 Å². The lowest BCUT2D eigenvalue weighted by Crippen LogP contribution is -2.29. The Balaban J connectivity index is 1.58. The summed E-state index contributed by atoms with van der Waals surface area (Å²) in [5.74, 6) is -0.858. The molecule has 0 fully saturated rings. The standard InChI is InChI=1S/C22H16ClN3O4/c1-30-19-7-5-15(23)10-18(19)25-20(27)14-4-6-16-17(9-14)22(29)26(21(16)28)12-13-3-2-8-24-11-13/h2-11H,12H2,1H3,(H,25,27). The van der Waals surface area contributed by atoms with Crippen molar-refractivity contribution < 1.29 is 19.1 Å². The van der Waals surface area contributed by atoms with Crippen molar-refractivity contribution in [3.05, 3.63) is 88.2 Å². The van der Waals surface area contributed by atoms with Gasteiger partial charge in [-0.3, -0.25) is 24.3 Å². The molecule has 8 heteroatoms. The minimum absolute atomic E-state index is 0.113. The second-order valence-corrected chi connectivity index (χ2v) is 7.05. The van der Waals surface area contributed by atoms with Crippen molar-refractivity contribution in [2.75, 3.05) is 12.4 Å². The summed E-state index contributed by atoms with van der Waals surface area (Å²) < 4.78 is 5.23. The number of ether oxygens (including phenoxy) is 1. The highest BCUT2D eigenvalue weighted by atomic mass is 35.5. The Morgan fingerprint density at radius 3 is 2.63 bits per heavy atom. The van der Waals surface area contributed by atoms with E-state index in [4.69, 9.17) is 16.3 Å². The maximum absolute atomic E-state index is 12.8. The minimum atomic E-state index is -0.454. The lowest BCUT2D eigenvalue weighted by Gasteiger charge is -2.13. The number of rotatable bonds is 5. The van der Waals surface area contributed by atoms with Crippen molar-refractivity contribution in [1.82, 2.24) is 9.88 Å². The van der Waals surface area contributed by atoms with Crippen LogP contribution in [-0.4, -0.2) is 34.7 Å². The number of anilines is 1. The van der Waals surface area contributed by atoms with Gasteiger partial charge in [0.2, 0.25) is 0 Å². The summed E-state index contributed by atoms with van der Waals surface area (Å²) in [6.07, 6.45) is 3.21. The molecule has 1 N–H and O–H groups in total. The van der Waals surface area contributed by atoms with Crippen LogP contribution in [0.15, 0.2) is 60.9 Å². The smallest absolute Gasteiger partial charge is 0.261 e. The van der Waals surface area contributed by atoms with Crippen molar-refractivity contribution >= 4 is 35.0 Å². The van der Waals surface area contributed by atoms with E-state index in [9.17, 15) is 14.4 Å². The first-order valence-electron chi connectivity index (χ1n) is 9.02. The van der Waals surface area contributed by atoms with E-state index in [1.807, 2.05) is 0 Å². The van der Waals surface area contributed by atoms with E-state index in [0.29, 0.717) is 16.5 Å². The molecule has 1 aliphatic rings. The highest BCUT2D eigenvalue weighted by Crippen LogP contribution is 2.29. The Morgan fingerprint density at radius 2 is 1.90 bits per heavy atom.